The van der Waals surface area contributed by atoms with Gasteiger partial charge in [-0.2, -0.15) is 5.26 Å². The van der Waals surface area contributed by atoms with Crippen LogP contribution in [-0.4, -0.2) is 40.8 Å². The molecular formula is C10H14N4O. The lowest BCUT2D eigenvalue weighted by Gasteiger charge is -2.30. The minimum Gasteiger partial charge on any atom is -0.379 e. The molecule has 0 N–H and O–H groups in total. The molecule has 1 aliphatic heterocycles. The van der Waals surface area contributed by atoms with Gasteiger partial charge in [0, 0.05) is 20.1 Å². The summed E-state index contributed by atoms with van der Waals surface area (Å²) in [5, 5.41) is 9.20. The predicted octanol–water partition coefficient (Wildman–Crippen LogP) is 0.317. The van der Waals surface area contributed by atoms with E-state index in [1.807, 2.05) is 11.6 Å². The molecule has 1 fully saturated rings. The van der Waals surface area contributed by atoms with Gasteiger partial charge in [-0.15, -0.1) is 0 Å². The number of imidazole rings is 1. The Morgan fingerprint density at radius 2 is 2.27 bits per heavy atom. The third kappa shape index (κ3) is 2.01. The highest BCUT2D eigenvalue weighted by Crippen LogP contribution is 2.19. The van der Waals surface area contributed by atoms with E-state index in [1.165, 1.54) is 0 Å². The number of nitriles is 1. The van der Waals surface area contributed by atoms with Crippen LogP contribution in [0.25, 0.3) is 0 Å². The van der Waals surface area contributed by atoms with E-state index in [1.54, 1.807) is 12.5 Å². The van der Waals surface area contributed by atoms with Gasteiger partial charge in [0.25, 0.3) is 0 Å². The van der Waals surface area contributed by atoms with Crippen molar-refractivity contribution in [3.8, 4) is 6.07 Å². The summed E-state index contributed by atoms with van der Waals surface area (Å²) >= 11 is 0. The number of aromatic nitrogens is 2. The first-order valence-electron chi connectivity index (χ1n) is 5.00. The second-order valence-electron chi connectivity index (χ2n) is 3.61. The molecule has 1 aliphatic rings. The molecule has 0 spiro atoms. The number of aryl methyl sites for hydroxylation is 1. The zero-order valence-electron chi connectivity index (χ0n) is 8.76. The lowest BCUT2D eigenvalue weighted by molar-refractivity contribution is 0.0255. The highest BCUT2D eigenvalue weighted by molar-refractivity contribution is 5.14. The van der Waals surface area contributed by atoms with Crippen molar-refractivity contribution in [1.82, 2.24) is 14.5 Å². The van der Waals surface area contributed by atoms with Crippen LogP contribution in [0.3, 0.4) is 0 Å². The fourth-order valence-corrected chi connectivity index (χ4v) is 1.80. The Morgan fingerprint density at radius 3 is 2.80 bits per heavy atom. The largest absolute Gasteiger partial charge is 0.379 e. The molecule has 2 rings (SSSR count). The Kier molecular flexibility index (Phi) is 2.99. The maximum Gasteiger partial charge on any atom is 0.140 e. The lowest BCUT2D eigenvalue weighted by Crippen LogP contribution is -2.39. The van der Waals surface area contributed by atoms with Crippen LogP contribution >= 0.6 is 0 Å². The number of morpholine rings is 1. The highest BCUT2D eigenvalue weighted by Gasteiger charge is 2.24. The molecule has 0 amide bonds. The molecule has 1 atom stereocenters. The Hall–Kier alpha value is -1.38. The Labute approximate surface area is 88.9 Å². The number of rotatable bonds is 2. The van der Waals surface area contributed by atoms with E-state index in [-0.39, 0.29) is 6.04 Å². The Bertz CT molecular complexity index is 362. The predicted molar refractivity (Wildman–Crippen MR) is 54.0 cm³/mol. The Balaban J connectivity index is 2.17. The normalized spacial score (nSPS) is 19.7. The Morgan fingerprint density at radius 1 is 1.53 bits per heavy atom. The van der Waals surface area contributed by atoms with Gasteiger partial charge in [0.1, 0.15) is 6.04 Å². The number of hydrogen-bond acceptors (Lipinski definition) is 4. The van der Waals surface area contributed by atoms with E-state index in [0.717, 1.165) is 18.8 Å². The smallest absolute Gasteiger partial charge is 0.140 e. The molecule has 0 saturated carbocycles. The topological polar surface area (TPSA) is 54.1 Å². The van der Waals surface area contributed by atoms with Crippen molar-refractivity contribution in [2.75, 3.05) is 26.3 Å². The second kappa shape index (κ2) is 4.43. The molecule has 1 aromatic rings. The summed E-state index contributed by atoms with van der Waals surface area (Å²) in [6.07, 6.45) is 3.48. The van der Waals surface area contributed by atoms with E-state index in [2.05, 4.69) is 16.0 Å². The van der Waals surface area contributed by atoms with Crippen molar-refractivity contribution in [1.29, 1.82) is 5.26 Å². The van der Waals surface area contributed by atoms with Gasteiger partial charge >= 0.3 is 0 Å². The molecule has 1 aromatic heterocycles. The third-order valence-electron chi connectivity index (χ3n) is 2.67. The first-order valence-corrected chi connectivity index (χ1v) is 5.00. The van der Waals surface area contributed by atoms with Crippen LogP contribution < -0.4 is 0 Å². The zero-order valence-corrected chi connectivity index (χ0v) is 8.76. The molecular weight excluding hydrogens is 192 g/mol. The molecule has 0 aliphatic carbocycles. The molecule has 5 heteroatoms. The summed E-state index contributed by atoms with van der Waals surface area (Å²) in [6.45, 7) is 3.03. The molecule has 2 heterocycles. The fraction of sp³-hybridized carbons (Fsp3) is 0.600. The van der Waals surface area contributed by atoms with E-state index >= 15 is 0 Å². The quantitative estimate of drug-likeness (QED) is 0.699. The summed E-state index contributed by atoms with van der Waals surface area (Å²) < 4.78 is 7.16. The highest BCUT2D eigenvalue weighted by atomic mass is 16.5. The van der Waals surface area contributed by atoms with Crippen molar-refractivity contribution in [2.45, 2.75) is 6.04 Å². The van der Waals surface area contributed by atoms with Gasteiger partial charge in [-0.25, -0.2) is 4.98 Å². The number of hydrogen-bond donors (Lipinski definition) is 0. The van der Waals surface area contributed by atoms with Crippen molar-refractivity contribution in [3.63, 3.8) is 0 Å². The lowest BCUT2D eigenvalue weighted by atomic mass is 10.2. The monoisotopic (exact) mass is 206 g/mol. The van der Waals surface area contributed by atoms with Crippen LogP contribution in [0.1, 0.15) is 11.7 Å². The molecule has 0 radical (unpaired) electrons. The van der Waals surface area contributed by atoms with E-state index in [4.69, 9.17) is 4.74 Å². The standard InChI is InChI=1S/C10H14N4O/c1-13-8-12-7-10(13)9(6-11)14-2-4-15-5-3-14/h7-9H,2-5H2,1H3. The summed E-state index contributed by atoms with van der Waals surface area (Å²) in [5.41, 5.74) is 0.944. The average molecular weight is 206 g/mol. The summed E-state index contributed by atoms with van der Waals surface area (Å²) in [4.78, 5) is 6.16. The third-order valence-corrected chi connectivity index (χ3v) is 2.67. The minimum absolute atomic E-state index is 0.207. The van der Waals surface area contributed by atoms with Crippen LogP contribution in [-0.2, 0) is 11.8 Å². The van der Waals surface area contributed by atoms with Crippen molar-refractivity contribution < 1.29 is 4.74 Å². The van der Waals surface area contributed by atoms with Crippen LogP contribution in [0.4, 0.5) is 0 Å². The molecule has 1 unspecified atom stereocenters. The SMILES string of the molecule is Cn1cncc1C(C#N)N1CCOCC1. The molecule has 0 bridgehead atoms. The van der Waals surface area contributed by atoms with Gasteiger partial charge in [-0.3, -0.25) is 4.90 Å². The van der Waals surface area contributed by atoms with Crippen molar-refractivity contribution in [3.05, 3.63) is 18.2 Å². The molecule has 5 nitrogen and oxygen atoms in total. The maximum atomic E-state index is 9.20. The van der Waals surface area contributed by atoms with E-state index in [9.17, 15) is 5.26 Å². The van der Waals surface area contributed by atoms with Crippen LogP contribution in [0.5, 0.6) is 0 Å². The molecule has 1 saturated heterocycles. The van der Waals surface area contributed by atoms with Crippen LogP contribution in [0, 0.1) is 11.3 Å². The second-order valence-corrected chi connectivity index (χ2v) is 3.61. The average Bonchev–Trinajstić information content (AvgIpc) is 2.68. The van der Waals surface area contributed by atoms with Gasteiger partial charge in [0.15, 0.2) is 0 Å². The van der Waals surface area contributed by atoms with Gasteiger partial charge in [-0.1, -0.05) is 0 Å². The van der Waals surface area contributed by atoms with Crippen molar-refractivity contribution >= 4 is 0 Å². The maximum absolute atomic E-state index is 9.20. The van der Waals surface area contributed by atoms with E-state index in [0.29, 0.717) is 13.2 Å². The molecule has 80 valence electrons. The number of nitrogens with zero attached hydrogens (tertiary/aromatic N) is 4. The van der Waals surface area contributed by atoms with Crippen LogP contribution in [0.2, 0.25) is 0 Å². The molecule has 15 heavy (non-hydrogen) atoms. The van der Waals surface area contributed by atoms with Gasteiger partial charge in [0.05, 0.1) is 37.5 Å². The van der Waals surface area contributed by atoms with Crippen LogP contribution in [0.15, 0.2) is 12.5 Å². The summed E-state index contributed by atoms with van der Waals surface area (Å²) in [7, 11) is 1.91. The summed E-state index contributed by atoms with van der Waals surface area (Å²) in [5.74, 6) is 0. The molecule has 0 aromatic carbocycles. The van der Waals surface area contributed by atoms with Gasteiger partial charge in [-0.05, 0) is 0 Å². The minimum atomic E-state index is -0.207. The van der Waals surface area contributed by atoms with E-state index < -0.39 is 0 Å². The fourth-order valence-electron chi connectivity index (χ4n) is 1.80. The first kappa shape index (κ1) is 10.1. The van der Waals surface area contributed by atoms with Gasteiger partial charge < -0.3 is 9.30 Å². The zero-order chi connectivity index (χ0) is 10.7. The van der Waals surface area contributed by atoms with Crippen molar-refractivity contribution in [2.24, 2.45) is 7.05 Å². The summed E-state index contributed by atoms with van der Waals surface area (Å²) in [6, 6.07) is 2.12. The first-order chi connectivity index (χ1) is 7.33. The van der Waals surface area contributed by atoms with Gasteiger partial charge in [0.2, 0.25) is 0 Å². The number of ether oxygens (including phenoxy) is 1.